The molecule has 3 nitrogen and oxygen atoms in total. The molecule has 0 unspecified atom stereocenters. The van der Waals surface area contributed by atoms with Crippen molar-refractivity contribution in [2.24, 2.45) is 0 Å². The minimum absolute atomic E-state index is 0.0478. The summed E-state index contributed by atoms with van der Waals surface area (Å²) in [6.07, 6.45) is 2.32. The number of hydrogen-bond donors (Lipinski definition) is 1. The van der Waals surface area contributed by atoms with Crippen molar-refractivity contribution in [2.45, 2.75) is 26.7 Å². The molecule has 0 aliphatic heterocycles. The van der Waals surface area contributed by atoms with Gasteiger partial charge in [0, 0.05) is 7.05 Å². The highest BCUT2D eigenvalue weighted by Crippen LogP contribution is 1.99. The molecule has 0 radical (unpaired) electrons. The zero-order chi connectivity index (χ0) is 9.56. The lowest BCUT2D eigenvalue weighted by molar-refractivity contribution is -0.125. The largest absolute Gasteiger partial charge is 0.359 e. The van der Waals surface area contributed by atoms with Gasteiger partial charge in [0.15, 0.2) is 5.78 Å². The Morgan fingerprint density at radius 2 is 2.00 bits per heavy atom. The zero-order valence-corrected chi connectivity index (χ0v) is 7.81. The molecule has 0 aliphatic carbocycles. The average molecular weight is 169 g/mol. The van der Waals surface area contributed by atoms with E-state index in [1.54, 1.807) is 0 Å². The van der Waals surface area contributed by atoms with E-state index in [4.69, 9.17) is 0 Å². The van der Waals surface area contributed by atoms with Crippen LogP contribution in [0.1, 0.15) is 26.7 Å². The maximum Gasteiger partial charge on any atom is 0.227 e. The molecule has 1 amide bonds. The fourth-order valence-electron chi connectivity index (χ4n) is 0.675. The van der Waals surface area contributed by atoms with Crippen LogP contribution in [0.4, 0.5) is 0 Å². The van der Waals surface area contributed by atoms with Crippen LogP contribution in [-0.2, 0) is 9.59 Å². The topological polar surface area (TPSA) is 46.2 Å². The second-order valence-electron chi connectivity index (χ2n) is 2.66. The molecule has 0 heterocycles. The van der Waals surface area contributed by atoms with Gasteiger partial charge in [0.1, 0.15) is 0 Å². The molecule has 0 saturated heterocycles. The Morgan fingerprint density at radius 1 is 1.42 bits per heavy atom. The van der Waals surface area contributed by atoms with Gasteiger partial charge in [-0.25, -0.2) is 0 Å². The van der Waals surface area contributed by atoms with Gasteiger partial charge in [-0.3, -0.25) is 9.59 Å². The monoisotopic (exact) mass is 169 g/mol. The van der Waals surface area contributed by atoms with E-state index in [9.17, 15) is 9.59 Å². The summed E-state index contributed by atoms with van der Waals surface area (Å²) >= 11 is 0. The van der Waals surface area contributed by atoms with Gasteiger partial charge in [0.05, 0.1) is 6.42 Å². The van der Waals surface area contributed by atoms with Gasteiger partial charge < -0.3 is 5.32 Å². The van der Waals surface area contributed by atoms with E-state index in [-0.39, 0.29) is 18.1 Å². The predicted molar refractivity (Wildman–Crippen MR) is 47.7 cm³/mol. The zero-order valence-electron chi connectivity index (χ0n) is 7.81. The number of hydrogen-bond acceptors (Lipinski definition) is 2. The molecule has 0 spiro atoms. The molecule has 3 heteroatoms. The van der Waals surface area contributed by atoms with Crippen LogP contribution < -0.4 is 5.32 Å². The third-order valence-corrected chi connectivity index (χ3v) is 1.58. The molecule has 1 N–H and O–H groups in total. The minimum Gasteiger partial charge on any atom is -0.359 e. The van der Waals surface area contributed by atoms with Crippen LogP contribution in [0.25, 0.3) is 0 Å². The number of carbonyl (C=O) groups excluding carboxylic acids is 2. The number of carbonyl (C=O) groups is 2. The van der Waals surface area contributed by atoms with Crippen molar-refractivity contribution in [3.05, 3.63) is 11.6 Å². The fourth-order valence-corrected chi connectivity index (χ4v) is 0.675. The van der Waals surface area contributed by atoms with Crippen molar-refractivity contribution < 1.29 is 9.59 Å². The molecule has 68 valence electrons. The lowest BCUT2D eigenvalue weighted by atomic mass is 10.1. The minimum atomic E-state index is -0.236. The molecule has 0 saturated carbocycles. The fraction of sp³-hybridized carbons (Fsp3) is 0.556. The van der Waals surface area contributed by atoms with Gasteiger partial charge in [0.25, 0.3) is 0 Å². The number of nitrogens with one attached hydrogen (secondary N) is 1. The Morgan fingerprint density at radius 3 is 2.42 bits per heavy atom. The molecule has 0 aliphatic rings. The molecule has 0 fully saturated rings. The Balaban J connectivity index is 3.98. The van der Waals surface area contributed by atoms with Gasteiger partial charge in [-0.2, -0.15) is 0 Å². The van der Waals surface area contributed by atoms with E-state index in [1.165, 1.54) is 13.1 Å². The Bertz CT molecular complexity index is 207. The number of rotatable bonds is 4. The number of allylic oxidation sites excluding steroid dienone is 2. The van der Waals surface area contributed by atoms with Crippen LogP contribution in [0.15, 0.2) is 11.6 Å². The molecule has 0 aromatic rings. The molecule has 0 aromatic carbocycles. The quantitative estimate of drug-likeness (QED) is 0.505. The van der Waals surface area contributed by atoms with E-state index in [0.29, 0.717) is 0 Å². The molecule has 12 heavy (non-hydrogen) atoms. The Kier molecular flexibility index (Phi) is 5.00. The summed E-state index contributed by atoms with van der Waals surface area (Å²) in [7, 11) is 1.52. The predicted octanol–water partition coefficient (Wildman–Crippen LogP) is 1.05. The highest BCUT2D eigenvalue weighted by Gasteiger charge is 2.04. The standard InChI is InChI=1S/C9H15NO2/c1-4-7(2)5-8(11)6-9(12)10-3/h5H,4,6H2,1-3H3,(H,10,12)/b7-5-. The molecule has 0 bridgehead atoms. The molecular weight excluding hydrogens is 154 g/mol. The molecule has 0 rings (SSSR count). The van der Waals surface area contributed by atoms with E-state index in [2.05, 4.69) is 5.32 Å². The second-order valence-corrected chi connectivity index (χ2v) is 2.66. The summed E-state index contributed by atoms with van der Waals surface area (Å²) in [6, 6.07) is 0. The molecular formula is C9H15NO2. The normalized spacial score (nSPS) is 11.1. The van der Waals surface area contributed by atoms with Crippen molar-refractivity contribution in [1.82, 2.24) is 5.32 Å². The summed E-state index contributed by atoms with van der Waals surface area (Å²) in [5.41, 5.74) is 1.00. The SMILES string of the molecule is CC/C(C)=C\C(=O)CC(=O)NC. The van der Waals surface area contributed by atoms with E-state index >= 15 is 0 Å². The van der Waals surface area contributed by atoms with Gasteiger partial charge in [0.2, 0.25) is 5.91 Å². The summed E-state index contributed by atoms with van der Waals surface area (Å²) < 4.78 is 0. The summed E-state index contributed by atoms with van der Waals surface area (Å²) in [4.78, 5) is 21.8. The first kappa shape index (κ1) is 10.9. The van der Waals surface area contributed by atoms with Crippen molar-refractivity contribution in [1.29, 1.82) is 0 Å². The third-order valence-electron chi connectivity index (χ3n) is 1.58. The van der Waals surface area contributed by atoms with Crippen LogP contribution in [0.3, 0.4) is 0 Å². The van der Waals surface area contributed by atoms with Crippen molar-refractivity contribution in [3.8, 4) is 0 Å². The van der Waals surface area contributed by atoms with Crippen LogP contribution in [0, 0.1) is 0 Å². The first-order valence-corrected chi connectivity index (χ1v) is 4.00. The Hall–Kier alpha value is -1.12. The smallest absolute Gasteiger partial charge is 0.227 e. The lowest BCUT2D eigenvalue weighted by Gasteiger charge is -1.96. The molecule has 0 aromatic heterocycles. The van der Waals surface area contributed by atoms with Gasteiger partial charge in [-0.15, -0.1) is 0 Å². The first-order chi connectivity index (χ1) is 5.60. The van der Waals surface area contributed by atoms with Gasteiger partial charge in [-0.05, 0) is 19.4 Å². The van der Waals surface area contributed by atoms with E-state index < -0.39 is 0 Å². The van der Waals surface area contributed by atoms with Gasteiger partial charge in [-0.1, -0.05) is 12.5 Å². The molecule has 0 atom stereocenters. The third kappa shape index (κ3) is 4.66. The second kappa shape index (κ2) is 5.52. The van der Waals surface area contributed by atoms with Crippen molar-refractivity contribution in [2.75, 3.05) is 7.05 Å². The average Bonchev–Trinajstić information content (AvgIpc) is 2.03. The maximum absolute atomic E-state index is 11.0. The lowest BCUT2D eigenvalue weighted by Crippen LogP contribution is -2.20. The van der Waals surface area contributed by atoms with Crippen molar-refractivity contribution >= 4 is 11.7 Å². The Labute approximate surface area is 72.8 Å². The van der Waals surface area contributed by atoms with Crippen LogP contribution in [0.5, 0.6) is 0 Å². The summed E-state index contributed by atoms with van der Waals surface area (Å²) in [5, 5.41) is 2.40. The van der Waals surface area contributed by atoms with Gasteiger partial charge >= 0.3 is 0 Å². The number of amides is 1. The highest BCUT2D eigenvalue weighted by molar-refractivity contribution is 6.03. The van der Waals surface area contributed by atoms with Crippen LogP contribution in [-0.4, -0.2) is 18.7 Å². The summed E-state index contributed by atoms with van der Waals surface area (Å²) in [6.45, 7) is 3.85. The van der Waals surface area contributed by atoms with Crippen LogP contribution in [0.2, 0.25) is 0 Å². The highest BCUT2D eigenvalue weighted by atomic mass is 16.2. The van der Waals surface area contributed by atoms with Crippen molar-refractivity contribution in [3.63, 3.8) is 0 Å². The maximum atomic E-state index is 11.0. The summed E-state index contributed by atoms with van der Waals surface area (Å²) in [5.74, 6) is -0.367. The number of ketones is 1. The van der Waals surface area contributed by atoms with E-state index in [1.807, 2.05) is 13.8 Å². The van der Waals surface area contributed by atoms with Crippen LogP contribution >= 0.6 is 0 Å². The van der Waals surface area contributed by atoms with E-state index in [0.717, 1.165) is 12.0 Å². The first-order valence-electron chi connectivity index (χ1n) is 4.00.